The zero-order valence-corrected chi connectivity index (χ0v) is 7.39. The second-order valence-electron chi connectivity index (χ2n) is 2.36. The van der Waals surface area contributed by atoms with E-state index >= 15 is 0 Å². The first-order valence-electron chi connectivity index (χ1n) is 3.29. The molecule has 0 fully saturated rings. The summed E-state index contributed by atoms with van der Waals surface area (Å²) in [4.78, 5) is 16.2. The van der Waals surface area contributed by atoms with Gasteiger partial charge in [0, 0.05) is 14.1 Å². The molecule has 3 nitrogen and oxygen atoms in total. The number of carbonyl (C=O) groups is 1. The van der Waals surface area contributed by atoms with Crippen LogP contribution in [0.3, 0.4) is 0 Å². The molecule has 0 aliphatic rings. The van der Waals surface area contributed by atoms with Gasteiger partial charge in [-0.25, -0.2) is 4.98 Å². The number of hydrogen-bond donors (Lipinski definition) is 0. The van der Waals surface area contributed by atoms with E-state index in [9.17, 15) is 4.79 Å². The summed E-state index contributed by atoms with van der Waals surface area (Å²) in [6.07, 6.45) is 3.08. The van der Waals surface area contributed by atoms with Gasteiger partial charge < -0.3 is 9.69 Å². The summed E-state index contributed by atoms with van der Waals surface area (Å²) >= 11 is 1.55. The van der Waals surface area contributed by atoms with Crippen LogP contribution in [0.5, 0.6) is 0 Å². The lowest BCUT2D eigenvalue weighted by Crippen LogP contribution is -2.05. The molecule has 0 N–H and O–H groups in total. The van der Waals surface area contributed by atoms with E-state index in [0.29, 0.717) is 6.42 Å². The Labute approximate surface area is 69.7 Å². The summed E-state index contributed by atoms with van der Waals surface area (Å²) in [5.74, 6) is 0. The quantitative estimate of drug-likeness (QED) is 0.633. The van der Waals surface area contributed by atoms with E-state index in [4.69, 9.17) is 0 Å². The third-order valence-electron chi connectivity index (χ3n) is 1.24. The van der Waals surface area contributed by atoms with E-state index in [-0.39, 0.29) is 0 Å². The minimum absolute atomic E-state index is 0.429. The summed E-state index contributed by atoms with van der Waals surface area (Å²) in [7, 11) is 3.91. The maximum atomic E-state index is 10.1. The van der Waals surface area contributed by atoms with Crippen molar-refractivity contribution in [3.63, 3.8) is 0 Å². The molecule has 1 heterocycles. The molecule has 4 heteroatoms. The first kappa shape index (κ1) is 8.20. The Bertz CT molecular complexity index is 244. The SMILES string of the molecule is CN(C)c1cnc(CC=O)s1. The van der Waals surface area contributed by atoms with Gasteiger partial charge in [0.1, 0.15) is 16.3 Å². The molecule has 0 atom stereocenters. The fourth-order valence-electron chi connectivity index (χ4n) is 0.673. The van der Waals surface area contributed by atoms with Crippen LogP contribution in [0, 0.1) is 0 Å². The van der Waals surface area contributed by atoms with Crippen molar-refractivity contribution in [2.45, 2.75) is 6.42 Å². The molecule has 0 saturated heterocycles. The standard InChI is InChI=1S/C7H10N2OS/c1-9(2)7-5-8-6(11-7)3-4-10/h4-5H,3H2,1-2H3. The summed E-state index contributed by atoms with van der Waals surface area (Å²) in [5, 5.41) is 1.96. The van der Waals surface area contributed by atoms with Crippen molar-refractivity contribution in [2.24, 2.45) is 0 Å². The summed E-state index contributed by atoms with van der Waals surface area (Å²) in [5.41, 5.74) is 0. The molecular formula is C7H10N2OS. The molecule has 0 aliphatic carbocycles. The number of aromatic nitrogens is 1. The largest absolute Gasteiger partial charge is 0.368 e. The fraction of sp³-hybridized carbons (Fsp3) is 0.429. The third-order valence-corrected chi connectivity index (χ3v) is 2.43. The van der Waals surface area contributed by atoms with Gasteiger partial charge in [-0.15, -0.1) is 11.3 Å². The maximum absolute atomic E-state index is 10.1. The van der Waals surface area contributed by atoms with Crippen molar-refractivity contribution in [1.29, 1.82) is 0 Å². The van der Waals surface area contributed by atoms with Crippen molar-refractivity contribution in [3.8, 4) is 0 Å². The van der Waals surface area contributed by atoms with E-state index in [2.05, 4.69) is 4.98 Å². The van der Waals surface area contributed by atoms with Gasteiger partial charge in [0.05, 0.1) is 12.6 Å². The van der Waals surface area contributed by atoms with E-state index in [1.54, 1.807) is 17.5 Å². The molecule has 0 spiro atoms. The maximum Gasteiger partial charge on any atom is 0.126 e. The van der Waals surface area contributed by atoms with Gasteiger partial charge >= 0.3 is 0 Å². The molecule has 0 saturated carbocycles. The Morgan fingerprint density at radius 1 is 1.73 bits per heavy atom. The number of hydrogen-bond acceptors (Lipinski definition) is 4. The minimum Gasteiger partial charge on any atom is -0.368 e. The monoisotopic (exact) mass is 170 g/mol. The average molecular weight is 170 g/mol. The van der Waals surface area contributed by atoms with E-state index in [0.717, 1.165) is 16.3 Å². The lowest BCUT2D eigenvalue weighted by Gasteiger charge is -2.05. The van der Waals surface area contributed by atoms with Crippen LogP contribution in [0.2, 0.25) is 0 Å². The topological polar surface area (TPSA) is 33.2 Å². The van der Waals surface area contributed by atoms with Gasteiger partial charge in [0.2, 0.25) is 0 Å². The molecular weight excluding hydrogens is 160 g/mol. The number of nitrogens with zero attached hydrogens (tertiary/aromatic N) is 2. The van der Waals surface area contributed by atoms with Gasteiger partial charge in [-0.05, 0) is 0 Å². The highest BCUT2D eigenvalue weighted by molar-refractivity contribution is 7.15. The third kappa shape index (κ3) is 2.01. The normalized spacial score (nSPS) is 9.64. The minimum atomic E-state index is 0.429. The Kier molecular flexibility index (Phi) is 2.59. The molecule has 60 valence electrons. The van der Waals surface area contributed by atoms with Crippen LogP contribution in [-0.2, 0) is 11.2 Å². The number of thiazole rings is 1. The first-order chi connectivity index (χ1) is 5.24. The van der Waals surface area contributed by atoms with Crippen LogP contribution in [0.15, 0.2) is 6.20 Å². The molecule has 1 aromatic heterocycles. The van der Waals surface area contributed by atoms with Gasteiger partial charge in [0.25, 0.3) is 0 Å². The Balaban J connectivity index is 2.73. The molecule has 0 unspecified atom stereocenters. The average Bonchev–Trinajstić information content (AvgIpc) is 2.37. The van der Waals surface area contributed by atoms with Gasteiger partial charge in [-0.1, -0.05) is 0 Å². The van der Waals surface area contributed by atoms with Crippen molar-refractivity contribution in [1.82, 2.24) is 4.98 Å². The molecule has 0 aliphatic heterocycles. The second kappa shape index (κ2) is 3.48. The van der Waals surface area contributed by atoms with Crippen LogP contribution in [0.1, 0.15) is 5.01 Å². The van der Waals surface area contributed by atoms with Crippen molar-refractivity contribution >= 4 is 22.6 Å². The lowest BCUT2D eigenvalue weighted by molar-refractivity contribution is -0.107. The van der Waals surface area contributed by atoms with E-state index in [1.165, 1.54) is 0 Å². The molecule has 1 aromatic rings. The zero-order valence-electron chi connectivity index (χ0n) is 6.57. The van der Waals surface area contributed by atoms with Crippen LogP contribution in [-0.4, -0.2) is 25.4 Å². The number of rotatable bonds is 3. The highest BCUT2D eigenvalue weighted by Crippen LogP contribution is 2.20. The van der Waals surface area contributed by atoms with E-state index in [1.807, 2.05) is 19.0 Å². The summed E-state index contributed by atoms with van der Waals surface area (Å²) in [6, 6.07) is 0. The second-order valence-corrected chi connectivity index (χ2v) is 3.45. The number of anilines is 1. The Morgan fingerprint density at radius 2 is 2.45 bits per heavy atom. The fourth-order valence-corrected chi connectivity index (χ4v) is 1.46. The highest BCUT2D eigenvalue weighted by atomic mass is 32.1. The van der Waals surface area contributed by atoms with Crippen LogP contribution >= 0.6 is 11.3 Å². The van der Waals surface area contributed by atoms with Crippen LogP contribution in [0.25, 0.3) is 0 Å². The summed E-state index contributed by atoms with van der Waals surface area (Å²) < 4.78 is 0. The molecule has 0 bridgehead atoms. The first-order valence-corrected chi connectivity index (χ1v) is 4.11. The molecule has 11 heavy (non-hydrogen) atoms. The van der Waals surface area contributed by atoms with Gasteiger partial charge in [0.15, 0.2) is 0 Å². The van der Waals surface area contributed by atoms with Gasteiger partial charge in [-0.3, -0.25) is 0 Å². The van der Waals surface area contributed by atoms with Gasteiger partial charge in [-0.2, -0.15) is 0 Å². The van der Waals surface area contributed by atoms with Crippen LogP contribution in [0.4, 0.5) is 5.00 Å². The molecule has 1 rings (SSSR count). The number of aldehydes is 1. The van der Waals surface area contributed by atoms with Crippen molar-refractivity contribution in [3.05, 3.63) is 11.2 Å². The Hall–Kier alpha value is -0.900. The molecule has 0 radical (unpaired) electrons. The predicted molar refractivity (Wildman–Crippen MR) is 46.2 cm³/mol. The number of carbonyl (C=O) groups excluding carboxylic acids is 1. The molecule has 0 aromatic carbocycles. The van der Waals surface area contributed by atoms with Crippen molar-refractivity contribution in [2.75, 3.05) is 19.0 Å². The zero-order chi connectivity index (χ0) is 8.27. The Morgan fingerprint density at radius 3 is 2.91 bits per heavy atom. The smallest absolute Gasteiger partial charge is 0.126 e. The van der Waals surface area contributed by atoms with Crippen LogP contribution < -0.4 is 4.90 Å². The molecule has 0 amide bonds. The lowest BCUT2D eigenvalue weighted by atomic mass is 10.5. The summed E-state index contributed by atoms with van der Waals surface area (Å²) in [6.45, 7) is 0. The van der Waals surface area contributed by atoms with Crippen molar-refractivity contribution < 1.29 is 4.79 Å². The highest BCUT2D eigenvalue weighted by Gasteiger charge is 2.01. The van der Waals surface area contributed by atoms with E-state index < -0.39 is 0 Å². The predicted octanol–water partition coefficient (Wildman–Crippen LogP) is 0.951.